The molecule has 0 amide bonds. The first kappa shape index (κ1) is 18.9. The molecule has 1 aliphatic rings. The Bertz CT molecular complexity index is 920. The number of aromatic nitrogens is 2. The number of nitrogens with one attached hydrogen (secondary N) is 1. The van der Waals surface area contributed by atoms with E-state index in [2.05, 4.69) is 15.3 Å². The molecule has 0 radical (unpaired) electrons. The monoisotopic (exact) mass is 389 g/mol. The van der Waals surface area contributed by atoms with E-state index in [1.807, 2.05) is 65.6 Å². The predicted octanol–water partition coefficient (Wildman–Crippen LogP) is 4.58. The van der Waals surface area contributed by atoms with E-state index in [0.29, 0.717) is 5.82 Å². The van der Waals surface area contributed by atoms with Gasteiger partial charge in [0.1, 0.15) is 6.33 Å². The molecule has 0 atom stereocenters. The average Bonchev–Trinajstić information content (AvgIpc) is 2.79. The standard InChI is InChI=1S/C22H23N5O2/c28-27(29)20-21(23-16-24-22(20)26-14-8-3-9-15-26)25-19(17-10-4-1-5-11-17)18-12-6-2-7-13-18/h1-2,4-7,10-13,16,19H,3,8-9,14-15H2,(H,23,24,25). The lowest BCUT2D eigenvalue weighted by Crippen LogP contribution is -2.31. The highest BCUT2D eigenvalue weighted by atomic mass is 16.6. The summed E-state index contributed by atoms with van der Waals surface area (Å²) in [5.41, 5.74) is 1.95. The fourth-order valence-corrected chi connectivity index (χ4v) is 3.77. The highest BCUT2D eigenvalue weighted by Crippen LogP contribution is 2.36. The van der Waals surface area contributed by atoms with Gasteiger partial charge in [-0.1, -0.05) is 60.7 Å². The largest absolute Gasteiger partial charge is 0.353 e. The molecule has 0 unspecified atom stereocenters. The van der Waals surface area contributed by atoms with E-state index in [1.54, 1.807) is 0 Å². The molecule has 0 bridgehead atoms. The van der Waals surface area contributed by atoms with Crippen LogP contribution in [0.15, 0.2) is 67.0 Å². The molecule has 0 saturated carbocycles. The third-order valence-electron chi connectivity index (χ3n) is 5.19. The minimum absolute atomic E-state index is 0.0636. The summed E-state index contributed by atoms with van der Waals surface area (Å²) in [5, 5.41) is 15.3. The molecule has 1 saturated heterocycles. The van der Waals surface area contributed by atoms with E-state index in [4.69, 9.17) is 0 Å². The van der Waals surface area contributed by atoms with Crippen LogP contribution >= 0.6 is 0 Å². The molecule has 4 rings (SSSR count). The van der Waals surface area contributed by atoms with Gasteiger partial charge in [0.25, 0.3) is 0 Å². The first-order valence-corrected chi connectivity index (χ1v) is 9.85. The summed E-state index contributed by atoms with van der Waals surface area (Å²) in [6, 6.07) is 19.5. The number of nitrogens with zero attached hydrogens (tertiary/aromatic N) is 4. The fourth-order valence-electron chi connectivity index (χ4n) is 3.77. The van der Waals surface area contributed by atoms with Crippen LogP contribution in [0.2, 0.25) is 0 Å². The van der Waals surface area contributed by atoms with E-state index in [1.165, 1.54) is 6.33 Å². The van der Waals surface area contributed by atoms with Gasteiger partial charge in [-0.3, -0.25) is 10.1 Å². The molecule has 1 aromatic heterocycles. The summed E-state index contributed by atoms with van der Waals surface area (Å²) in [6.45, 7) is 1.55. The summed E-state index contributed by atoms with van der Waals surface area (Å²) < 4.78 is 0. The summed E-state index contributed by atoms with van der Waals surface area (Å²) in [5.74, 6) is 0.635. The van der Waals surface area contributed by atoms with E-state index in [0.717, 1.165) is 43.5 Å². The van der Waals surface area contributed by atoms with E-state index >= 15 is 0 Å². The third kappa shape index (κ3) is 4.18. The number of rotatable bonds is 6. The maximum atomic E-state index is 12.0. The van der Waals surface area contributed by atoms with Crippen LogP contribution in [-0.2, 0) is 0 Å². The number of anilines is 2. The topological polar surface area (TPSA) is 84.2 Å². The van der Waals surface area contributed by atoms with E-state index in [-0.39, 0.29) is 22.5 Å². The lowest BCUT2D eigenvalue weighted by molar-refractivity contribution is -0.383. The maximum absolute atomic E-state index is 12.0. The minimum Gasteiger partial charge on any atom is -0.353 e. The Morgan fingerprint density at radius 1 is 0.897 bits per heavy atom. The zero-order chi connectivity index (χ0) is 20.1. The van der Waals surface area contributed by atoms with Crippen LogP contribution in [0.5, 0.6) is 0 Å². The number of benzene rings is 2. The second-order valence-corrected chi connectivity index (χ2v) is 7.10. The Kier molecular flexibility index (Phi) is 5.65. The number of piperidine rings is 1. The lowest BCUT2D eigenvalue weighted by atomic mass is 9.98. The van der Waals surface area contributed by atoms with Crippen LogP contribution in [0.25, 0.3) is 0 Å². The second kappa shape index (κ2) is 8.68. The van der Waals surface area contributed by atoms with Crippen molar-refractivity contribution in [2.45, 2.75) is 25.3 Å². The second-order valence-electron chi connectivity index (χ2n) is 7.10. The van der Waals surface area contributed by atoms with Gasteiger partial charge in [-0.2, -0.15) is 0 Å². The summed E-state index contributed by atoms with van der Waals surface area (Å²) in [6.07, 6.45) is 4.58. The van der Waals surface area contributed by atoms with Crippen molar-refractivity contribution in [2.24, 2.45) is 0 Å². The Morgan fingerprint density at radius 3 is 2.03 bits per heavy atom. The molecule has 3 aromatic rings. The van der Waals surface area contributed by atoms with Gasteiger partial charge in [0.2, 0.25) is 11.6 Å². The Hall–Kier alpha value is -3.48. The Labute approximate surface area is 169 Å². The van der Waals surface area contributed by atoms with Gasteiger partial charge < -0.3 is 10.2 Å². The highest BCUT2D eigenvalue weighted by Gasteiger charge is 2.29. The van der Waals surface area contributed by atoms with Crippen molar-refractivity contribution in [3.63, 3.8) is 0 Å². The van der Waals surface area contributed by atoms with Crippen molar-refractivity contribution in [1.29, 1.82) is 0 Å². The molecule has 2 aromatic carbocycles. The smallest absolute Gasteiger partial charge is 0.353 e. The van der Waals surface area contributed by atoms with Gasteiger partial charge in [-0.25, -0.2) is 9.97 Å². The van der Waals surface area contributed by atoms with Crippen molar-refractivity contribution in [1.82, 2.24) is 9.97 Å². The first-order valence-electron chi connectivity index (χ1n) is 9.85. The molecule has 7 heteroatoms. The summed E-state index contributed by atoms with van der Waals surface area (Å²) in [7, 11) is 0. The molecule has 1 aliphatic heterocycles. The van der Waals surface area contributed by atoms with E-state index < -0.39 is 0 Å². The SMILES string of the molecule is O=[N+]([O-])c1c(NC(c2ccccc2)c2ccccc2)ncnc1N1CCCCC1. The molecule has 0 spiro atoms. The zero-order valence-corrected chi connectivity index (χ0v) is 16.1. The Morgan fingerprint density at radius 2 is 1.48 bits per heavy atom. The molecular weight excluding hydrogens is 366 g/mol. The molecular formula is C22H23N5O2. The fraction of sp³-hybridized carbons (Fsp3) is 0.273. The van der Waals surface area contributed by atoms with Crippen molar-refractivity contribution < 1.29 is 4.92 Å². The number of hydrogen-bond acceptors (Lipinski definition) is 6. The summed E-state index contributed by atoms with van der Waals surface area (Å²) >= 11 is 0. The van der Waals surface area contributed by atoms with Crippen molar-refractivity contribution in [3.8, 4) is 0 Å². The minimum atomic E-state index is -0.376. The predicted molar refractivity (Wildman–Crippen MR) is 113 cm³/mol. The first-order chi connectivity index (χ1) is 14.2. The molecule has 7 nitrogen and oxygen atoms in total. The average molecular weight is 389 g/mol. The van der Waals surface area contributed by atoms with Crippen molar-refractivity contribution in [3.05, 3.63) is 88.2 Å². The van der Waals surface area contributed by atoms with Crippen LogP contribution in [0.1, 0.15) is 36.4 Å². The third-order valence-corrected chi connectivity index (χ3v) is 5.19. The zero-order valence-electron chi connectivity index (χ0n) is 16.1. The van der Waals surface area contributed by atoms with Gasteiger partial charge in [-0.15, -0.1) is 0 Å². The van der Waals surface area contributed by atoms with Crippen molar-refractivity contribution in [2.75, 3.05) is 23.3 Å². The van der Waals surface area contributed by atoms with Crippen LogP contribution in [0.3, 0.4) is 0 Å². The highest BCUT2D eigenvalue weighted by molar-refractivity contribution is 5.71. The Balaban J connectivity index is 1.75. The molecule has 148 valence electrons. The molecule has 1 N–H and O–H groups in total. The van der Waals surface area contributed by atoms with Gasteiger partial charge in [0.05, 0.1) is 11.0 Å². The lowest BCUT2D eigenvalue weighted by Gasteiger charge is -2.28. The molecule has 2 heterocycles. The summed E-state index contributed by atoms with van der Waals surface area (Å²) in [4.78, 5) is 22.1. The van der Waals surface area contributed by atoms with Crippen LogP contribution < -0.4 is 10.2 Å². The molecule has 29 heavy (non-hydrogen) atoms. The van der Waals surface area contributed by atoms with Gasteiger partial charge in [0, 0.05) is 13.1 Å². The van der Waals surface area contributed by atoms with Crippen LogP contribution in [0.4, 0.5) is 17.3 Å². The van der Waals surface area contributed by atoms with Crippen LogP contribution in [0, 0.1) is 10.1 Å². The quantitative estimate of drug-likeness (QED) is 0.491. The van der Waals surface area contributed by atoms with Crippen molar-refractivity contribution >= 4 is 17.3 Å². The van der Waals surface area contributed by atoms with Gasteiger partial charge in [0.15, 0.2) is 0 Å². The molecule has 1 fully saturated rings. The van der Waals surface area contributed by atoms with Gasteiger partial charge in [-0.05, 0) is 30.4 Å². The van der Waals surface area contributed by atoms with Gasteiger partial charge >= 0.3 is 5.69 Å². The van der Waals surface area contributed by atoms with E-state index in [9.17, 15) is 10.1 Å². The normalized spacial score (nSPS) is 14.0. The molecule has 0 aliphatic carbocycles. The number of hydrogen-bond donors (Lipinski definition) is 1. The number of nitro groups is 1. The maximum Gasteiger partial charge on any atom is 0.353 e. The van der Waals surface area contributed by atoms with Crippen LogP contribution in [-0.4, -0.2) is 28.0 Å².